The molecule has 19 heteroatoms. The first-order valence-corrected chi connectivity index (χ1v) is 42.1. The van der Waals surface area contributed by atoms with Crippen molar-refractivity contribution in [1.29, 1.82) is 0 Å². The van der Waals surface area contributed by atoms with Gasteiger partial charge in [-0.05, 0) is 154 Å². The van der Waals surface area contributed by atoms with Gasteiger partial charge in [-0.3, -0.25) is 37.3 Å². The van der Waals surface area contributed by atoms with Gasteiger partial charge in [0.25, 0.3) is 0 Å². The van der Waals surface area contributed by atoms with E-state index in [1.54, 1.807) is 0 Å². The lowest BCUT2D eigenvalue weighted by Crippen LogP contribution is -2.30. The lowest BCUT2D eigenvalue weighted by molar-refractivity contribution is -0.161. The number of aliphatic hydroxyl groups excluding tert-OH is 1. The molecule has 0 bridgehead atoms. The smallest absolute Gasteiger partial charge is 0.462 e. The summed E-state index contributed by atoms with van der Waals surface area (Å²) in [6, 6.07) is 0. The molecular formula is C81H140O17P2. The minimum absolute atomic E-state index is 0.0148. The highest BCUT2D eigenvalue weighted by molar-refractivity contribution is 7.47. The van der Waals surface area contributed by atoms with Crippen molar-refractivity contribution < 1.29 is 80.2 Å². The number of hydrogen-bond donors (Lipinski definition) is 3. The zero-order chi connectivity index (χ0) is 73.2. The van der Waals surface area contributed by atoms with E-state index in [0.29, 0.717) is 32.1 Å². The van der Waals surface area contributed by atoms with Crippen LogP contribution < -0.4 is 0 Å². The fraction of sp³-hybridized carbons (Fsp3) is 0.728. The molecule has 0 aliphatic rings. The molecule has 0 saturated carbocycles. The van der Waals surface area contributed by atoms with Crippen LogP contribution >= 0.6 is 15.6 Å². The maximum atomic E-state index is 13.1. The zero-order valence-corrected chi connectivity index (χ0v) is 64.6. The van der Waals surface area contributed by atoms with Crippen LogP contribution in [0.4, 0.5) is 0 Å². The molecule has 0 aliphatic carbocycles. The Morgan fingerprint density at radius 3 is 0.820 bits per heavy atom. The molecule has 576 valence electrons. The third-order valence-corrected chi connectivity index (χ3v) is 18.1. The molecule has 100 heavy (non-hydrogen) atoms. The van der Waals surface area contributed by atoms with E-state index in [1.807, 2.05) is 12.2 Å². The second-order valence-electron chi connectivity index (χ2n) is 25.9. The van der Waals surface area contributed by atoms with Gasteiger partial charge >= 0.3 is 39.5 Å². The van der Waals surface area contributed by atoms with Crippen molar-refractivity contribution >= 4 is 39.5 Å². The van der Waals surface area contributed by atoms with Crippen LogP contribution in [0, 0.1) is 0 Å². The standard InChI is InChI=1S/C81H140O17P2/c1-5-9-13-17-21-25-29-33-36-37-40-44-48-52-56-60-64-68-81(86)98-77(72-92-79(84)66-62-58-54-50-46-43-39-35-31-27-23-19-15-11-7-3)74-96-100(89,90)94-70-75(82)69-93-99(87,88)95-73-76(97-80(85)67-63-59-55-51-47-41-32-28-24-20-16-12-8-4)71-91-78(83)65-61-57-53-49-45-42-38-34-30-26-22-18-14-10-6-2/h21-23,25-28,32-36,38-40,44,52,56,75-77,82H,5-20,24,29-31,37,41-43,45-51,53-55,57-74H2,1-4H3,(H,87,88)(H,89,90)/b25-21-,26-22-,27-23-,32-28-,36-33-,38-34-,39-35-,44-40-,56-52-/t75-,76+,77+/m0/s1. The molecule has 0 aromatic heterocycles. The third-order valence-electron chi connectivity index (χ3n) is 16.2. The Hall–Kier alpha value is -4.28. The van der Waals surface area contributed by atoms with Gasteiger partial charge in [0, 0.05) is 25.7 Å². The van der Waals surface area contributed by atoms with Crippen LogP contribution in [0.25, 0.3) is 0 Å². The first-order chi connectivity index (χ1) is 48.7. The Morgan fingerprint density at radius 1 is 0.280 bits per heavy atom. The number of carbonyl (C=O) groups is 4. The molecule has 0 amide bonds. The highest BCUT2D eigenvalue weighted by atomic mass is 31.2. The Balaban J connectivity index is 5.43. The van der Waals surface area contributed by atoms with Gasteiger partial charge in [-0.2, -0.15) is 0 Å². The van der Waals surface area contributed by atoms with Gasteiger partial charge < -0.3 is 33.8 Å². The van der Waals surface area contributed by atoms with Gasteiger partial charge in [-0.1, -0.05) is 253 Å². The third kappa shape index (κ3) is 72.1. The zero-order valence-electron chi connectivity index (χ0n) is 62.8. The lowest BCUT2D eigenvalue weighted by Gasteiger charge is -2.21. The number of allylic oxidation sites excluding steroid dienone is 18. The fourth-order valence-electron chi connectivity index (χ4n) is 10.1. The molecule has 0 heterocycles. The maximum absolute atomic E-state index is 13.1. The van der Waals surface area contributed by atoms with Crippen LogP contribution in [0.2, 0.25) is 0 Å². The second-order valence-corrected chi connectivity index (χ2v) is 28.8. The van der Waals surface area contributed by atoms with Gasteiger partial charge in [-0.25, -0.2) is 9.13 Å². The normalized spacial score (nSPS) is 14.5. The summed E-state index contributed by atoms with van der Waals surface area (Å²) in [4.78, 5) is 72.9. The van der Waals surface area contributed by atoms with Gasteiger partial charge in [0.15, 0.2) is 12.2 Å². The number of ether oxygens (including phenoxy) is 4. The molecule has 0 aromatic rings. The van der Waals surface area contributed by atoms with Crippen molar-refractivity contribution in [3.8, 4) is 0 Å². The summed E-state index contributed by atoms with van der Waals surface area (Å²) < 4.78 is 68.4. The molecular weight excluding hydrogens is 1310 g/mol. The average molecular weight is 1450 g/mol. The van der Waals surface area contributed by atoms with E-state index in [4.69, 9.17) is 37.0 Å². The van der Waals surface area contributed by atoms with Crippen LogP contribution in [-0.2, 0) is 65.4 Å². The van der Waals surface area contributed by atoms with Crippen LogP contribution in [0.3, 0.4) is 0 Å². The fourth-order valence-corrected chi connectivity index (χ4v) is 11.7. The van der Waals surface area contributed by atoms with Crippen molar-refractivity contribution in [2.24, 2.45) is 0 Å². The van der Waals surface area contributed by atoms with Crippen molar-refractivity contribution in [3.05, 3.63) is 109 Å². The van der Waals surface area contributed by atoms with E-state index in [9.17, 15) is 43.2 Å². The van der Waals surface area contributed by atoms with E-state index >= 15 is 0 Å². The molecule has 17 nitrogen and oxygen atoms in total. The Labute approximate surface area is 607 Å². The maximum Gasteiger partial charge on any atom is 0.472 e. The molecule has 0 aromatic carbocycles. The number of unbranched alkanes of at least 4 members (excludes halogenated alkanes) is 29. The largest absolute Gasteiger partial charge is 0.472 e. The Kier molecular flexibility index (Phi) is 69.9. The molecule has 0 radical (unpaired) electrons. The molecule has 3 N–H and O–H groups in total. The summed E-state index contributed by atoms with van der Waals surface area (Å²) in [5.74, 6) is -2.27. The molecule has 0 saturated heterocycles. The predicted octanol–water partition coefficient (Wildman–Crippen LogP) is 22.6. The van der Waals surface area contributed by atoms with Crippen LogP contribution in [-0.4, -0.2) is 96.7 Å². The van der Waals surface area contributed by atoms with E-state index in [1.165, 1.54) is 83.5 Å². The topological polar surface area (TPSA) is 237 Å². The Morgan fingerprint density at radius 2 is 0.500 bits per heavy atom. The summed E-state index contributed by atoms with van der Waals surface area (Å²) >= 11 is 0. The van der Waals surface area contributed by atoms with E-state index in [-0.39, 0.29) is 25.7 Å². The van der Waals surface area contributed by atoms with Crippen LogP contribution in [0.15, 0.2) is 109 Å². The predicted molar refractivity (Wildman–Crippen MR) is 408 cm³/mol. The molecule has 0 fully saturated rings. The van der Waals surface area contributed by atoms with Gasteiger partial charge in [0.1, 0.15) is 19.3 Å². The molecule has 0 spiro atoms. The number of aliphatic hydroxyl groups is 1. The molecule has 2 unspecified atom stereocenters. The number of rotatable bonds is 73. The van der Waals surface area contributed by atoms with E-state index in [0.717, 1.165) is 154 Å². The van der Waals surface area contributed by atoms with Crippen molar-refractivity contribution in [1.82, 2.24) is 0 Å². The number of phosphoric ester groups is 2. The van der Waals surface area contributed by atoms with Crippen molar-refractivity contribution in [2.45, 2.75) is 341 Å². The van der Waals surface area contributed by atoms with Gasteiger partial charge in [0.05, 0.1) is 26.4 Å². The highest BCUT2D eigenvalue weighted by Gasteiger charge is 2.30. The van der Waals surface area contributed by atoms with E-state index < -0.39 is 97.5 Å². The number of hydrogen-bond acceptors (Lipinski definition) is 15. The average Bonchev–Trinajstić information content (AvgIpc) is 0.962. The van der Waals surface area contributed by atoms with E-state index in [2.05, 4.69) is 125 Å². The Bertz CT molecular complexity index is 2320. The first-order valence-electron chi connectivity index (χ1n) is 39.1. The number of carbonyl (C=O) groups excluding carboxylic acids is 4. The summed E-state index contributed by atoms with van der Waals surface area (Å²) in [5, 5.41) is 10.6. The van der Waals surface area contributed by atoms with Crippen molar-refractivity contribution in [3.63, 3.8) is 0 Å². The lowest BCUT2D eigenvalue weighted by atomic mass is 10.1. The first kappa shape index (κ1) is 95.7. The number of phosphoric acid groups is 2. The summed E-state index contributed by atoms with van der Waals surface area (Å²) in [5.41, 5.74) is 0. The highest BCUT2D eigenvalue weighted by Crippen LogP contribution is 2.45. The van der Waals surface area contributed by atoms with Crippen LogP contribution in [0.1, 0.15) is 323 Å². The van der Waals surface area contributed by atoms with Gasteiger partial charge in [-0.15, -0.1) is 0 Å². The second kappa shape index (κ2) is 73.0. The minimum atomic E-state index is -4.99. The van der Waals surface area contributed by atoms with Crippen molar-refractivity contribution in [2.75, 3.05) is 39.6 Å². The summed E-state index contributed by atoms with van der Waals surface area (Å²) in [6.45, 7) is 4.69. The molecule has 0 rings (SSSR count). The quantitative estimate of drug-likeness (QED) is 0.0169. The summed E-state index contributed by atoms with van der Waals surface area (Å²) in [6.07, 6.45) is 77.9. The summed E-state index contributed by atoms with van der Waals surface area (Å²) in [7, 11) is -9.98. The van der Waals surface area contributed by atoms with Gasteiger partial charge in [0.2, 0.25) is 0 Å². The van der Waals surface area contributed by atoms with Crippen LogP contribution in [0.5, 0.6) is 0 Å². The SMILES string of the molecule is CCCCC/C=C\C/C=C\C/C=C\C/C=C\CCCC(=O)O[C@H](COC(=O)CCCCCCC/C=C\C/C=C\CCCCC)COP(=O)(O)OC[C@@H](O)COP(=O)(O)OC[C@@H](COC(=O)CCCCCCC/C=C\C/C=C\CCCCC)OC(=O)CCCCCCC/C=C\CCCCCC. The molecule has 5 atom stereocenters. The molecule has 0 aliphatic heterocycles. The monoisotopic (exact) mass is 1450 g/mol. The minimum Gasteiger partial charge on any atom is -0.462 e. The number of esters is 4.